The summed E-state index contributed by atoms with van der Waals surface area (Å²) in [6.45, 7) is 18.0. The van der Waals surface area contributed by atoms with Crippen LogP contribution in [-0.2, 0) is 14.3 Å². The van der Waals surface area contributed by atoms with Crippen molar-refractivity contribution in [3.63, 3.8) is 0 Å². The molecule has 0 aromatic heterocycles. The molecule has 0 amide bonds. The Bertz CT molecular complexity index is 769. The SMILES string of the molecule is CO[C@H]1C[C@H]2OC[C@@]2(C)[C@H]2[C@H](C)[C@]3(O)C[C@H](C)C(C)=C([C@@H](C)C(=O)[C@]12C)C3(C)C. The van der Waals surface area contributed by atoms with E-state index in [9.17, 15) is 9.90 Å². The van der Waals surface area contributed by atoms with Gasteiger partial charge in [-0.05, 0) is 38.0 Å². The second kappa shape index (κ2) is 6.17. The fraction of sp³-hybridized carbons (Fsp3) is 0.880. The van der Waals surface area contributed by atoms with Crippen molar-refractivity contribution in [1.29, 1.82) is 0 Å². The summed E-state index contributed by atoms with van der Waals surface area (Å²) >= 11 is 0. The molecule has 0 unspecified atom stereocenters. The molecule has 4 aliphatic rings. The maximum absolute atomic E-state index is 14.3. The van der Waals surface area contributed by atoms with E-state index < -0.39 is 16.4 Å². The molecule has 1 aliphatic heterocycles. The van der Waals surface area contributed by atoms with Gasteiger partial charge in [0.1, 0.15) is 5.78 Å². The van der Waals surface area contributed by atoms with Crippen LogP contribution in [0.4, 0.5) is 0 Å². The Hall–Kier alpha value is -0.710. The molecule has 3 fully saturated rings. The van der Waals surface area contributed by atoms with Crippen molar-refractivity contribution in [2.45, 2.75) is 86.0 Å². The molecule has 4 nitrogen and oxygen atoms in total. The highest BCUT2D eigenvalue weighted by molar-refractivity contribution is 5.91. The highest BCUT2D eigenvalue weighted by atomic mass is 16.5. The Labute approximate surface area is 176 Å². The number of carbonyl (C=O) groups is 1. The van der Waals surface area contributed by atoms with Crippen molar-refractivity contribution >= 4 is 5.78 Å². The van der Waals surface area contributed by atoms with Crippen LogP contribution in [0.25, 0.3) is 0 Å². The van der Waals surface area contributed by atoms with Crippen LogP contribution < -0.4 is 0 Å². The van der Waals surface area contributed by atoms with Crippen molar-refractivity contribution in [1.82, 2.24) is 0 Å². The fourth-order valence-electron chi connectivity index (χ4n) is 8.54. The van der Waals surface area contributed by atoms with Gasteiger partial charge in [0.05, 0.1) is 29.8 Å². The Morgan fingerprint density at radius 3 is 2.28 bits per heavy atom. The van der Waals surface area contributed by atoms with E-state index in [0.717, 1.165) is 18.4 Å². The van der Waals surface area contributed by atoms with Crippen LogP contribution in [0.5, 0.6) is 0 Å². The Morgan fingerprint density at radius 1 is 1.14 bits per heavy atom. The number of Topliss-reactive ketones (excluding diaryl/α,β-unsaturated/α-hetero) is 1. The monoisotopic (exact) mass is 404 g/mol. The van der Waals surface area contributed by atoms with Crippen LogP contribution >= 0.6 is 0 Å². The topological polar surface area (TPSA) is 55.8 Å². The predicted molar refractivity (Wildman–Crippen MR) is 113 cm³/mol. The molecule has 3 aliphatic carbocycles. The summed E-state index contributed by atoms with van der Waals surface area (Å²) in [5.74, 6) is 0.301. The first kappa shape index (κ1) is 21.5. The summed E-state index contributed by atoms with van der Waals surface area (Å²) in [6, 6.07) is 0. The van der Waals surface area contributed by atoms with Gasteiger partial charge < -0.3 is 14.6 Å². The molecule has 9 atom stereocenters. The number of aliphatic hydroxyl groups is 1. The van der Waals surface area contributed by atoms with E-state index in [1.807, 2.05) is 0 Å². The van der Waals surface area contributed by atoms with E-state index in [1.165, 1.54) is 5.57 Å². The Morgan fingerprint density at radius 2 is 1.76 bits per heavy atom. The molecule has 4 heteroatoms. The number of methoxy groups -OCH3 is 1. The molecule has 0 aromatic rings. The molecule has 1 N–H and O–H groups in total. The van der Waals surface area contributed by atoms with Crippen molar-refractivity contribution in [3.8, 4) is 0 Å². The molecular weight excluding hydrogens is 364 g/mol. The lowest BCUT2D eigenvalue weighted by molar-refractivity contribution is -0.303. The van der Waals surface area contributed by atoms with Crippen LogP contribution in [-0.4, -0.2) is 42.4 Å². The third-order valence-electron chi connectivity index (χ3n) is 10.2. The summed E-state index contributed by atoms with van der Waals surface area (Å²) in [4.78, 5) is 14.3. The quantitative estimate of drug-likeness (QED) is 0.658. The molecule has 0 spiro atoms. The van der Waals surface area contributed by atoms with Gasteiger partial charge in [-0.25, -0.2) is 0 Å². The van der Waals surface area contributed by atoms with Gasteiger partial charge in [0.25, 0.3) is 0 Å². The first-order valence-corrected chi connectivity index (χ1v) is 11.4. The average molecular weight is 405 g/mol. The molecule has 4 rings (SSSR count). The number of hydrogen-bond donors (Lipinski definition) is 1. The summed E-state index contributed by atoms with van der Waals surface area (Å²) < 4.78 is 12.0. The van der Waals surface area contributed by atoms with Gasteiger partial charge in [-0.2, -0.15) is 0 Å². The Balaban J connectivity index is 2.02. The van der Waals surface area contributed by atoms with E-state index in [4.69, 9.17) is 9.47 Å². The Kier molecular flexibility index (Phi) is 4.58. The largest absolute Gasteiger partial charge is 0.389 e. The summed E-state index contributed by atoms with van der Waals surface area (Å²) in [6.07, 6.45) is 1.40. The van der Waals surface area contributed by atoms with E-state index in [0.29, 0.717) is 6.61 Å². The highest BCUT2D eigenvalue weighted by Crippen LogP contribution is 2.68. The average Bonchev–Trinajstić information content (AvgIpc) is 2.63. The summed E-state index contributed by atoms with van der Waals surface area (Å²) in [5, 5.41) is 12.4. The molecule has 1 saturated heterocycles. The maximum Gasteiger partial charge on any atom is 0.148 e. The van der Waals surface area contributed by atoms with Gasteiger partial charge >= 0.3 is 0 Å². The van der Waals surface area contributed by atoms with E-state index in [2.05, 4.69) is 55.4 Å². The number of allylic oxidation sites excluding steroid dienone is 1. The van der Waals surface area contributed by atoms with Crippen LogP contribution in [0.15, 0.2) is 11.1 Å². The molecule has 29 heavy (non-hydrogen) atoms. The van der Waals surface area contributed by atoms with E-state index in [-0.39, 0.29) is 47.1 Å². The van der Waals surface area contributed by atoms with Crippen molar-refractivity contribution in [2.75, 3.05) is 13.7 Å². The molecule has 2 saturated carbocycles. The molecule has 0 radical (unpaired) electrons. The van der Waals surface area contributed by atoms with Crippen LogP contribution in [0.1, 0.15) is 68.2 Å². The van der Waals surface area contributed by atoms with Crippen molar-refractivity contribution < 1.29 is 19.4 Å². The lowest BCUT2D eigenvalue weighted by Gasteiger charge is -2.69. The zero-order valence-corrected chi connectivity index (χ0v) is 19.8. The minimum atomic E-state index is -0.874. The molecule has 2 bridgehead atoms. The zero-order chi connectivity index (χ0) is 21.7. The molecule has 1 heterocycles. The smallest absolute Gasteiger partial charge is 0.148 e. The first-order chi connectivity index (χ1) is 13.3. The lowest BCUT2D eigenvalue weighted by atomic mass is 9.39. The van der Waals surface area contributed by atoms with Crippen molar-refractivity contribution in [3.05, 3.63) is 11.1 Å². The first-order valence-electron chi connectivity index (χ1n) is 11.4. The maximum atomic E-state index is 14.3. The number of ether oxygens (including phenoxy) is 2. The van der Waals surface area contributed by atoms with Crippen LogP contribution in [0.2, 0.25) is 0 Å². The second-order valence-corrected chi connectivity index (χ2v) is 11.7. The van der Waals surface area contributed by atoms with Gasteiger partial charge in [-0.1, -0.05) is 52.7 Å². The van der Waals surface area contributed by atoms with E-state index >= 15 is 0 Å². The number of fused-ring (bicyclic) bond motifs is 5. The minimum absolute atomic E-state index is 0.0128. The predicted octanol–water partition coefficient (Wildman–Crippen LogP) is 4.40. The van der Waals surface area contributed by atoms with Gasteiger partial charge in [-0.15, -0.1) is 0 Å². The van der Waals surface area contributed by atoms with Gasteiger partial charge in [0.15, 0.2) is 0 Å². The summed E-state index contributed by atoms with van der Waals surface area (Å²) in [5.41, 5.74) is 0.370. The van der Waals surface area contributed by atoms with Crippen LogP contribution in [0.3, 0.4) is 0 Å². The van der Waals surface area contributed by atoms with Gasteiger partial charge in [0.2, 0.25) is 0 Å². The molecule has 164 valence electrons. The second-order valence-electron chi connectivity index (χ2n) is 11.7. The minimum Gasteiger partial charge on any atom is -0.389 e. The normalized spacial score (nSPS) is 54.1. The number of hydrogen-bond acceptors (Lipinski definition) is 4. The standard InChI is InChI=1S/C25H40O4/c1-13-11-25(27)16(4)20-23(7)12-29-17(23)10-18(28-9)24(20,8)21(26)15(3)19(14(13)2)22(25,5)6/h13,15-18,20,27H,10-12H2,1-9H3/t13-,15+,16-,17+,18-,20+,23+,24+,25+/m0/s1. The zero-order valence-electron chi connectivity index (χ0n) is 19.8. The fourth-order valence-corrected chi connectivity index (χ4v) is 8.54. The van der Waals surface area contributed by atoms with E-state index in [1.54, 1.807) is 7.11 Å². The van der Waals surface area contributed by atoms with Gasteiger partial charge in [0, 0.05) is 30.3 Å². The third kappa shape index (κ3) is 2.29. The van der Waals surface area contributed by atoms with Gasteiger partial charge in [-0.3, -0.25) is 4.79 Å². The summed E-state index contributed by atoms with van der Waals surface area (Å²) in [7, 11) is 1.72. The third-order valence-corrected chi connectivity index (χ3v) is 10.2. The number of ketones is 1. The number of rotatable bonds is 1. The lowest BCUT2D eigenvalue weighted by Crippen LogP contribution is -2.74. The molecule has 0 aromatic carbocycles. The van der Waals surface area contributed by atoms with Crippen molar-refractivity contribution in [2.24, 2.45) is 39.9 Å². The molecular formula is C25H40O4. The number of carbonyl (C=O) groups excluding carboxylic acids is 1. The van der Waals surface area contributed by atoms with Crippen LogP contribution in [0, 0.1) is 39.9 Å². The highest BCUT2D eigenvalue weighted by Gasteiger charge is 2.72.